The van der Waals surface area contributed by atoms with Crippen molar-refractivity contribution in [2.24, 2.45) is 5.92 Å². The molecule has 0 radical (unpaired) electrons. The smallest absolute Gasteiger partial charge is 0.419 e. The second kappa shape index (κ2) is 18.3. The summed E-state index contributed by atoms with van der Waals surface area (Å²) in [4.78, 5) is 24.7. The number of anilines is 2. The van der Waals surface area contributed by atoms with E-state index in [9.17, 15) is 22.2 Å². The number of nitrogens with zero attached hydrogens (tertiary/aromatic N) is 4. The van der Waals surface area contributed by atoms with Crippen molar-refractivity contribution in [1.29, 1.82) is 0 Å². The maximum Gasteiger partial charge on any atom is 0.419 e. The number of ether oxygens (including phenoxy) is 1. The number of nitrogens with one attached hydrogen (secondary N) is 2. The molecule has 9 nitrogen and oxygen atoms in total. The molecule has 1 saturated heterocycles. The molecule has 4 rings (SSSR count). The summed E-state index contributed by atoms with van der Waals surface area (Å²) < 4.78 is 56.5. The summed E-state index contributed by atoms with van der Waals surface area (Å²) in [5.41, 5.74) is -0.260. The Labute approximate surface area is 262 Å². The van der Waals surface area contributed by atoms with Crippen molar-refractivity contribution < 1.29 is 26.9 Å². The highest BCUT2D eigenvalue weighted by atomic mass is 32.2. The fourth-order valence-corrected chi connectivity index (χ4v) is 5.21. The van der Waals surface area contributed by atoms with Crippen molar-refractivity contribution in [2.75, 3.05) is 52.9 Å². The van der Waals surface area contributed by atoms with Crippen molar-refractivity contribution in [3.05, 3.63) is 41.2 Å². The fourth-order valence-electron chi connectivity index (χ4n) is 5.21. The van der Waals surface area contributed by atoms with E-state index >= 15 is 0 Å². The monoisotopic (exact) mass is 642 g/mol. The second-order valence-corrected chi connectivity index (χ2v) is 12.6. The molecule has 248 valence electrons. The molecule has 1 aliphatic carbocycles. The minimum Gasteiger partial charge on any atom is -0.495 e. The molecule has 1 aromatic carbocycles. The zero-order chi connectivity index (χ0) is 32.9. The van der Waals surface area contributed by atoms with Crippen LogP contribution in [0.1, 0.15) is 79.9 Å². The summed E-state index contributed by atoms with van der Waals surface area (Å²) in [6.45, 7) is 5.45. The van der Waals surface area contributed by atoms with Crippen LogP contribution in [-0.2, 0) is 17.2 Å². The third-order valence-electron chi connectivity index (χ3n) is 8.12. The van der Waals surface area contributed by atoms with E-state index in [4.69, 9.17) is 4.74 Å². The number of alkyl halides is 3. The number of rotatable bonds is 7. The highest BCUT2D eigenvalue weighted by Crippen LogP contribution is 2.33. The summed E-state index contributed by atoms with van der Waals surface area (Å²) in [5, 5.41) is 2.87. The van der Waals surface area contributed by atoms with E-state index in [1.165, 1.54) is 52.6 Å². The molecule has 1 amide bonds. The summed E-state index contributed by atoms with van der Waals surface area (Å²) >= 11 is 0. The topological polar surface area (TPSA) is 99.7 Å². The van der Waals surface area contributed by atoms with Crippen LogP contribution in [0.15, 0.2) is 24.4 Å². The molecular weight excluding hydrogens is 593 g/mol. The van der Waals surface area contributed by atoms with Crippen LogP contribution in [0.5, 0.6) is 5.75 Å². The number of amides is 1. The molecule has 1 atom stereocenters. The van der Waals surface area contributed by atoms with E-state index in [-0.39, 0.29) is 23.6 Å². The maximum absolute atomic E-state index is 13.0. The van der Waals surface area contributed by atoms with Gasteiger partial charge in [-0.3, -0.25) is 4.79 Å². The lowest BCUT2D eigenvalue weighted by molar-refractivity contribution is -0.138. The van der Waals surface area contributed by atoms with Crippen LogP contribution >= 0.6 is 0 Å². The zero-order valence-corrected chi connectivity index (χ0v) is 27.9. The average Bonchev–Trinajstić information content (AvgIpc) is 3.01. The summed E-state index contributed by atoms with van der Waals surface area (Å²) in [7, 11) is 6.14. The molecule has 2 aliphatic rings. The first kappa shape index (κ1) is 37.4. The van der Waals surface area contributed by atoms with Crippen LogP contribution in [0.25, 0.3) is 0 Å². The van der Waals surface area contributed by atoms with E-state index in [0.717, 1.165) is 38.0 Å². The van der Waals surface area contributed by atoms with Crippen LogP contribution in [-0.4, -0.2) is 83.5 Å². The van der Waals surface area contributed by atoms with E-state index in [0.29, 0.717) is 17.0 Å². The lowest BCUT2D eigenvalue weighted by atomic mass is 9.88. The van der Waals surface area contributed by atoms with Gasteiger partial charge in [0.15, 0.2) is 0 Å². The Hall–Kier alpha value is -2.77. The van der Waals surface area contributed by atoms with Gasteiger partial charge in [-0.2, -0.15) is 13.2 Å². The minimum absolute atomic E-state index is 0.0166. The highest BCUT2D eigenvalue weighted by Gasteiger charge is 2.34. The SMILES string of the molecule is CCC1CCCCC1.CNS(C)=O.COc1ccc(C(=O)N(C)C2CCN(C)CC2)cc1Nc1ncc(C(F)(F)F)c(C)n1. The van der Waals surface area contributed by atoms with Gasteiger partial charge in [0, 0.05) is 31.1 Å². The van der Waals surface area contributed by atoms with E-state index in [1.807, 2.05) is 0 Å². The lowest BCUT2D eigenvalue weighted by Gasteiger charge is -2.35. The van der Waals surface area contributed by atoms with Crippen LogP contribution in [0, 0.1) is 12.8 Å². The number of hydrogen-bond acceptors (Lipinski definition) is 7. The number of likely N-dealkylation sites (tertiary alicyclic amines) is 1. The first-order valence-electron chi connectivity index (χ1n) is 15.1. The predicted octanol–water partition coefficient (Wildman–Crippen LogP) is 6.20. The quantitative estimate of drug-likeness (QED) is 0.371. The molecule has 1 aliphatic heterocycles. The van der Waals surface area contributed by atoms with Gasteiger partial charge in [0.2, 0.25) is 5.95 Å². The Bertz CT molecular complexity index is 1200. The molecule has 0 bridgehead atoms. The number of carbonyl (C=O) groups excluding carboxylic acids is 1. The first-order valence-corrected chi connectivity index (χ1v) is 16.7. The predicted molar refractivity (Wildman–Crippen MR) is 171 cm³/mol. The van der Waals surface area contributed by atoms with Gasteiger partial charge in [0.25, 0.3) is 5.91 Å². The molecule has 2 heterocycles. The Balaban J connectivity index is 0.000000429. The van der Waals surface area contributed by atoms with Gasteiger partial charge < -0.3 is 19.9 Å². The van der Waals surface area contributed by atoms with E-state index in [1.54, 1.807) is 43.5 Å². The largest absolute Gasteiger partial charge is 0.495 e. The zero-order valence-electron chi connectivity index (χ0n) is 27.1. The van der Waals surface area contributed by atoms with Crippen molar-refractivity contribution in [1.82, 2.24) is 24.5 Å². The van der Waals surface area contributed by atoms with E-state index in [2.05, 4.69) is 38.9 Å². The fraction of sp³-hybridized carbons (Fsp3) is 0.645. The Morgan fingerprint density at radius 2 is 1.77 bits per heavy atom. The average molecular weight is 643 g/mol. The van der Waals surface area contributed by atoms with Gasteiger partial charge in [-0.25, -0.2) is 18.9 Å². The van der Waals surface area contributed by atoms with Gasteiger partial charge >= 0.3 is 6.18 Å². The van der Waals surface area contributed by atoms with Gasteiger partial charge in [-0.05, 0) is 71.1 Å². The van der Waals surface area contributed by atoms with Crippen LogP contribution < -0.4 is 14.8 Å². The number of aromatic nitrogens is 2. The summed E-state index contributed by atoms with van der Waals surface area (Å²) in [6, 6.07) is 5.05. The molecular formula is C31H49F3N6O3S. The van der Waals surface area contributed by atoms with Crippen molar-refractivity contribution in [3.8, 4) is 5.75 Å². The maximum atomic E-state index is 13.0. The van der Waals surface area contributed by atoms with Gasteiger partial charge in [0.1, 0.15) is 5.75 Å². The van der Waals surface area contributed by atoms with Crippen LogP contribution in [0.4, 0.5) is 24.8 Å². The number of methoxy groups -OCH3 is 1. The molecule has 0 spiro atoms. The first-order chi connectivity index (χ1) is 20.8. The number of aryl methyl sites for hydroxylation is 1. The molecule has 1 saturated carbocycles. The molecule has 1 unspecified atom stereocenters. The Kier molecular flexibility index (Phi) is 15.5. The number of hydrogen-bond donors (Lipinski definition) is 2. The molecule has 13 heteroatoms. The number of piperidine rings is 1. The second-order valence-electron chi connectivity index (χ2n) is 11.3. The van der Waals surface area contributed by atoms with Crippen molar-refractivity contribution in [3.63, 3.8) is 0 Å². The molecule has 2 aromatic rings. The number of carbonyl (C=O) groups is 1. The van der Waals surface area contributed by atoms with E-state index < -0.39 is 22.7 Å². The van der Waals surface area contributed by atoms with Crippen LogP contribution in [0.2, 0.25) is 0 Å². The third kappa shape index (κ3) is 12.0. The molecule has 2 fully saturated rings. The summed E-state index contributed by atoms with van der Waals surface area (Å²) in [6.07, 6.45) is 8.53. The Morgan fingerprint density at radius 3 is 2.25 bits per heavy atom. The van der Waals surface area contributed by atoms with Gasteiger partial charge in [0.05, 0.1) is 35.0 Å². The van der Waals surface area contributed by atoms with Crippen molar-refractivity contribution in [2.45, 2.75) is 77.4 Å². The summed E-state index contributed by atoms with van der Waals surface area (Å²) in [5.74, 6) is 1.35. The highest BCUT2D eigenvalue weighted by molar-refractivity contribution is 7.82. The standard InChI is InChI=1S/C21H26F3N5O2.C8H16.C2H7NOS/c1-13-16(21(22,23)24)12-25-20(26-13)27-17-11-14(5-6-18(17)31-4)19(30)29(3)15-7-9-28(2)10-8-15;1-2-8-6-4-3-5-7-8;1-3-5(2)4/h5-6,11-12,15H,7-10H2,1-4H3,(H,25,26,27);8H,2-7H2,1H3;3H,1-2H3. The third-order valence-corrected chi connectivity index (χ3v) is 8.70. The van der Waals surface area contributed by atoms with Gasteiger partial charge in [-0.1, -0.05) is 45.4 Å². The minimum atomic E-state index is -4.52. The van der Waals surface area contributed by atoms with Crippen molar-refractivity contribution >= 4 is 28.5 Å². The van der Waals surface area contributed by atoms with Gasteiger partial charge in [-0.15, -0.1) is 0 Å². The van der Waals surface area contributed by atoms with Crippen LogP contribution in [0.3, 0.4) is 0 Å². The lowest BCUT2D eigenvalue weighted by Crippen LogP contribution is -2.44. The number of benzene rings is 1. The Morgan fingerprint density at radius 1 is 1.16 bits per heavy atom. The molecule has 2 N–H and O–H groups in total. The normalized spacial score (nSPS) is 17.0. The number of halogens is 3. The molecule has 1 aromatic heterocycles. The molecule has 44 heavy (non-hydrogen) atoms.